The van der Waals surface area contributed by atoms with Crippen LogP contribution in [0, 0.1) is 5.92 Å². The van der Waals surface area contributed by atoms with E-state index in [9.17, 15) is 18.0 Å². The molecule has 1 aromatic carbocycles. The van der Waals surface area contributed by atoms with E-state index in [0.29, 0.717) is 12.2 Å². The molecule has 24 heavy (non-hydrogen) atoms. The van der Waals surface area contributed by atoms with Crippen LogP contribution in [0.3, 0.4) is 0 Å². The number of hydrogen-bond acceptors (Lipinski definition) is 3. The number of carbonyl (C=O) groups excluding carboxylic acids is 1. The van der Waals surface area contributed by atoms with Crippen molar-refractivity contribution in [3.63, 3.8) is 0 Å². The molecule has 1 saturated carbocycles. The summed E-state index contributed by atoms with van der Waals surface area (Å²) in [6.07, 6.45) is -0.783. The second-order valence-electron chi connectivity index (χ2n) is 6.36. The summed E-state index contributed by atoms with van der Waals surface area (Å²) in [5.74, 6) is 0.435. The van der Waals surface area contributed by atoms with Crippen molar-refractivity contribution in [3.8, 4) is 5.75 Å². The highest BCUT2D eigenvalue weighted by atomic mass is 19.4. The maximum absolute atomic E-state index is 13.6. The van der Waals surface area contributed by atoms with Crippen LogP contribution in [0.4, 0.5) is 13.2 Å². The fourth-order valence-corrected chi connectivity index (χ4v) is 3.18. The summed E-state index contributed by atoms with van der Waals surface area (Å²) >= 11 is 0. The van der Waals surface area contributed by atoms with E-state index in [1.165, 1.54) is 24.3 Å². The summed E-state index contributed by atoms with van der Waals surface area (Å²) < 4.78 is 46.5. The van der Waals surface area contributed by atoms with E-state index in [0.717, 1.165) is 25.7 Å². The number of pyridine rings is 1. The quantitative estimate of drug-likeness (QED) is 0.738. The average molecular weight is 337 g/mol. The molecule has 128 valence electrons. The Morgan fingerprint density at radius 2 is 1.83 bits per heavy atom. The predicted octanol–water partition coefficient (Wildman–Crippen LogP) is 5.02. The van der Waals surface area contributed by atoms with Crippen LogP contribution in [-0.4, -0.2) is 17.4 Å². The van der Waals surface area contributed by atoms with Crippen LogP contribution in [0.1, 0.15) is 48.7 Å². The van der Waals surface area contributed by atoms with Crippen molar-refractivity contribution >= 4 is 17.2 Å². The number of rotatable bonds is 3. The number of alkyl halides is 3. The lowest BCUT2D eigenvalue weighted by atomic mass is 9.89. The van der Waals surface area contributed by atoms with Gasteiger partial charge in [0.15, 0.2) is 6.29 Å². The molecule has 0 saturated heterocycles. The number of halogens is 3. The normalized spacial score (nSPS) is 21.7. The van der Waals surface area contributed by atoms with Crippen LogP contribution in [-0.2, 0) is 6.18 Å². The second-order valence-corrected chi connectivity index (χ2v) is 6.36. The molecular formula is C18H18F3NO2. The Kier molecular flexibility index (Phi) is 4.47. The molecular weight excluding hydrogens is 319 g/mol. The van der Waals surface area contributed by atoms with Crippen molar-refractivity contribution < 1.29 is 22.7 Å². The summed E-state index contributed by atoms with van der Waals surface area (Å²) in [6.45, 7) is 2.14. The molecule has 0 aliphatic heterocycles. The van der Waals surface area contributed by atoms with Gasteiger partial charge in [-0.1, -0.05) is 6.92 Å². The van der Waals surface area contributed by atoms with Gasteiger partial charge in [0.25, 0.3) is 0 Å². The maximum atomic E-state index is 13.6. The van der Waals surface area contributed by atoms with Crippen molar-refractivity contribution in [2.24, 2.45) is 5.92 Å². The number of carbonyl (C=O) groups is 1. The van der Waals surface area contributed by atoms with Crippen molar-refractivity contribution in [3.05, 3.63) is 35.5 Å². The Labute approximate surface area is 137 Å². The molecule has 3 rings (SSSR count). The third-order valence-electron chi connectivity index (χ3n) is 4.52. The minimum absolute atomic E-state index is 0.0465. The zero-order valence-corrected chi connectivity index (χ0v) is 13.3. The molecule has 0 spiro atoms. The van der Waals surface area contributed by atoms with Gasteiger partial charge in [-0.15, -0.1) is 0 Å². The van der Waals surface area contributed by atoms with E-state index >= 15 is 0 Å². The Bertz CT molecular complexity index is 750. The fraction of sp³-hybridized carbons (Fsp3) is 0.444. The molecule has 3 nitrogen and oxygen atoms in total. The van der Waals surface area contributed by atoms with Crippen molar-refractivity contribution in [2.45, 2.75) is 44.9 Å². The molecule has 2 aromatic rings. The van der Waals surface area contributed by atoms with Gasteiger partial charge in [-0.2, -0.15) is 13.2 Å². The Morgan fingerprint density at radius 3 is 2.46 bits per heavy atom. The molecule has 0 N–H and O–H groups in total. The maximum Gasteiger partial charge on any atom is 0.420 e. The molecule has 1 aromatic heterocycles. The van der Waals surface area contributed by atoms with E-state index in [1.807, 2.05) is 0 Å². The first-order valence-electron chi connectivity index (χ1n) is 8.01. The lowest BCUT2D eigenvalue weighted by Gasteiger charge is -2.28. The minimum atomic E-state index is -4.55. The predicted molar refractivity (Wildman–Crippen MR) is 84.2 cm³/mol. The summed E-state index contributed by atoms with van der Waals surface area (Å²) in [5.41, 5.74) is -0.578. The third-order valence-corrected chi connectivity index (χ3v) is 4.52. The number of aldehydes is 1. The van der Waals surface area contributed by atoms with E-state index < -0.39 is 11.7 Å². The SMILES string of the molecule is CC1CCC(Oc2ccc3nc(C=O)ccc3c2C(F)(F)F)CC1. The van der Waals surface area contributed by atoms with Gasteiger partial charge in [-0.25, -0.2) is 4.98 Å². The largest absolute Gasteiger partial charge is 0.490 e. The molecule has 0 amide bonds. The molecule has 0 atom stereocenters. The highest BCUT2D eigenvalue weighted by Gasteiger charge is 2.37. The van der Waals surface area contributed by atoms with Crippen molar-refractivity contribution in [1.29, 1.82) is 0 Å². The monoisotopic (exact) mass is 337 g/mol. The summed E-state index contributed by atoms with van der Waals surface area (Å²) in [7, 11) is 0. The fourth-order valence-electron chi connectivity index (χ4n) is 3.18. The number of nitrogens with zero attached hydrogens (tertiary/aromatic N) is 1. The van der Waals surface area contributed by atoms with Crippen molar-refractivity contribution in [1.82, 2.24) is 4.98 Å². The molecule has 1 heterocycles. The van der Waals surface area contributed by atoms with E-state index in [4.69, 9.17) is 4.74 Å². The molecule has 0 unspecified atom stereocenters. The van der Waals surface area contributed by atoms with Crippen LogP contribution >= 0.6 is 0 Å². The van der Waals surface area contributed by atoms with E-state index in [-0.39, 0.29) is 28.5 Å². The number of aromatic nitrogens is 1. The average Bonchev–Trinajstić information content (AvgIpc) is 2.55. The smallest absolute Gasteiger partial charge is 0.420 e. The van der Waals surface area contributed by atoms with Gasteiger partial charge in [0, 0.05) is 5.39 Å². The Hall–Kier alpha value is -2.11. The summed E-state index contributed by atoms with van der Waals surface area (Å²) in [5, 5.41) is -0.0465. The first-order valence-corrected chi connectivity index (χ1v) is 8.01. The third kappa shape index (κ3) is 3.37. The minimum Gasteiger partial charge on any atom is -0.490 e. The first-order chi connectivity index (χ1) is 11.4. The molecule has 0 radical (unpaired) electrons. The standard InChI is InChI=1S/C18H18F3NO2/c1-11-2-5-13(6-3-11)24-16-9-8-15-14(17(16)18(19,20)21)7-4-12(10-23)22-15/h4,7-11,13H,2-3,5-6H2,1H3. The van der Waals surface area contributed by atoms with Crippen LogP contribution in [0.15, 0.2) is 24.3 Å². The number of fused-ring (bicyclic) bond motifs is 1. The molecule has 6 heteroatoms. The van der Waals surface area contributed by atoms with Gasteiger partial charge >= 0.3 is 6.18 Å². The van der Waals surface area contributed by atoms with Gasteiger partial charge in [0.05, 0.1) is 11.6 Å². The van der Waals surface area contributed by atoms with Gasteiger partial charge in [0.1, 0.15) is 17.0 Å². The molecule has 1 aliphatic rings. The van der Waals surface area contributed by atoms with E-state index in [1.54, 1.807) is 0 Å². The van der Waals surface area contributed by atoms with Gasteiger partial charge in [-0.05, 0) is 55.9 Å². The van der Waals surface area contributed by atoms with Crippen LogP contribution in [0.2, 0.25) is 0 Å². The van der Waals surface area contributed by atoms with Gasteiger partial charge in [0.2, 0.25) is 0 Å². The number of ether oxygens (including phenoxy) is 1. The zero-order valence-electron chi connectivity index (χ0n) is 13.3. The Balaban J connectivity index is 2.02. The topological polar surface area (TPSA) is 39.2 Å². The van der Waals surface area contributed by atoms with E-state index in [2.05, 4.69) is 11.9 Å². The number of hydrogen-bond donors (Lipinski definition) is 0. The Morgan fingerprint density at radius 1 is 1.12 bits per heavy atom. The van der Waals surface area contributed by atoms with Gasteiger partial charge < -0.3 is 4.74 Å². The summed E-state index contributed by atoms with van der Waals surface area (Å²) in [6, 6.07) is 5.35. The van der Waals surface area contributed by atoms with Crippen LogP contribution < -0.4 is 4.74 Å². The lowest BCUT2D eigenvalue weighted by molar-refractivity contribution is -0.138. The molecule has 1 fully saturated rings. The number of benzene rings is 1. The summed E-state index contributed by atoms with van der Waals surface area (Å²) in [4.78, 5) is 14.7. The second kappa shape index (κ2) is 6.42. The van der Waals surface area contributed by atoms with Gasteiger partial charge in [-0.3, -0.25) is 4.79 Å². The molecule has 0 bridgehead atoms. The highest BCUT2D eigenvalue weighted by molar-refractivity contribution is 5.88. The lowest BCUT2D eigenvalue weighted by Crippen LogP contribution is -2.24. The van der Waals surface area contributed by atoms with Crippen molar-refractivity contribution in [2.75, 3.05) is 0 Å². The first kappa shape index (κ1) is 16.7. The molecule has 1 aliphatic carbocycles. The highest BCUT2D eigenvalue weighted by Crippen LogP contribution is 2.42. The van der Waals surface area contributed by atoms with Crippen LogP contribution in [0.5, 0.6) is 5.75 Å². The zero-order chi connectivity index (χ0) is 17.3. The van der Waals surface area contributed by atoms with Crippen LogP contribution in [0.25, 0.3) is 10.9 Å².